The van der Waals surface area contributed by atoms with Gasteiger partial charge in [-0.3, -0.25) is 4.79 Å². The molecule has 1 aromatic rings. The molecule has 1 atom stereocenters. The largest absolute Gasteiger partial charge is 0.416 e. The van der Waals surface area contributed by atoms with Crippen LogP contribution in [0.15, 0.2) is 18.2 Å². The highest BCUT2D eigenvalue weighted by molar-refractivity contribution is 6.18. The average molecular weight is 311 g/mol. The summed E-state index contributed by atoms with van der Waals surface area (Å²) in [5.74, 6) is -0.466. The summed E-state index contributed by atoms with van der Waals surface area (Å²) in [6, 6.07) is 2.89. The van der Waals surface area contributed by atoms with E-state index < -0.39 is 23.8 Å². The average Bonchev–Trinajstić information content (AvgIpc) is 2.35. The molecule has 4 nitrogen and oxygen atoms in total. The summed E-state index contributed by atoms with van der Waals surface area (Å²) in [7, 11) is 0. The first-order valence-corrected chi connectivity index (χ1v) is 6.24. The van der Waals surface area contributed by atoms with E-state index in [9.17, 15) is 23.1 Å². The smallest absolute Gasteiger partial charge is 0.390 e. The summed E-state index contributed by atoms with van der Waals surface area (Å²) < 4.78 is 37.9. The Balaban J connectivity index is 3.02. The van der Waals surface area contributed by atoms with Crippen LogP contribution in [0.5, 0.6) is 0 Å². The van der Waals surface area contributed by atoms with Crippen LogP contribution in [0.25, 0.3) is 0 Å². The van der Waals surface area contributed by atoms with Crippen LogP contribution in [0.3, 0.4) is 0 Å². The number of carbonyl (C=O) groups excluding carboxylic acids is 1. The summed E-state index contributed by atoms with van der Waals surface area (Å²) in [6.45, 7) is 1.21. The van der Waals surface area contributed by atoms with Gasteiger partial charge in [-0.1, -0.05) is 0 Å². The van der Waals surface area contributed by atoms with Gasteiger partial charge in [0.15, 0.2) is 0 Å². The summed E-state index contributed by atoms with van der Waals surface area (Å²) in [5, 5.41) is 14.4. The van der Waals surface area contributed by atoms with Crippen molar-refractivity contribution in [2.45, 2.75) is 19.2 Å². The molecular weight excluding hydrogens is 297 g/mol. The van der Waals surface area contributed by atoms with Gasteiger partial charge in [0.05, 0.1) is 28.9 Å². The molecule has 1 unspecified atom stereocenters. The standard InChI is InChI=1S/C12H14ClF3N2O2/c1-7(19)18-10-3-2-8(12(14,15)16)4-11(10)17-6-9(20)5-13/h2-4,9,17,20H,5-6H2,1H3,(H,18,19). The molecule has 112 valence electrons. The number of hydrogen-bond acceptors (Lipinski definition) is 3. The van der Waals surface area contributed by atoms with E-state index in [1.807, 2.05) is 0 Å². The quantitative estimate of drug-likeness (QED) is 0.733. The Hall–Kier alpha value is -1.47. The van der Waals surface area contributed by atoms with Gasteiger partial charge in [-0.25, -0.2) is 0 Å². The van der Waals surface area contributed by atoms with Crippen LogP contribution in [0.2, 0.25) is 0 Å². The third kappa shape index (κ3) is 4.90. The van der Waals surface area contributed by atoms with Crippen LogP contribution in [0.4, 0.5) is 24.5 Å². The number of nitrogens with one attached hydrogen (secondary N) is 2. The van der Waals surface area contributed by atoms with Gasteiger partial charge in [-0.05, 0) is 18.2 Å². The maximum Gasteiger partial charge on any atom is 0.416 e. The Morgan fingerprint density at radius 1 is 1.40 bits per heavy atom. The first-order valence-electron chi connectivity index (χ1n) is 5.70. The molecule has 8 heteroatoms. The van der Waals surface area contributed by atoms with Crippen molar-refractivity contribution in [1.82, 2.24) is 0 Å². The second-order valence-corrected chi connectivity index (χ2v) is 4.44. The highest BCUT2D eigenvalue weighted by Crippen LogP contribution is 2.34. The van der Waals surface area contributed by atoms with Gasteiger partial charge in [0.25, 0.3) is 0 Å². The van der Waals surface area contributed by atoms with Gasteiger partial charge in [-0.2, -0.15) is 13.2 Å². The van der Waals surface area contributed by atoms with E-state index in [1.165, 1.54) is 6.92 Å². The third-order valence-corrected chi connectivity index (χ3v) is 2.72. The van der Waals surface area contributed by atoms with Gasteiger partial charge < -0.3 is 15.7 Å². The number of benzene rings is 1. The molecular formula is C12H14ClF3N2O2. The van der Waals surface area contributed by atoms with E-state index in [2.05, 4.69) is 10.6 Å². The molecule has 0 aliphatic rings. The molecule has 1 aromatic carbocycles. The lowest BCUT2D eigenvalue weighted by atomic mass is 10.1. The number of amides is 1. The van der Waals surface area contributed by atoms with Crippen LogP contribution in [0.1, 0.15) is 12.5 Å². The fraction of sp³-hybridized carbons (Fsp3) is 0.417. The maximum absolute atomic E-state index is 12.6. The van der Waals surface area contributed by atoms with Crippen LogP contribution < -0.4 is 10.6 Å². The number of anilines is 2. The predicted octanol–water partition coefficient (Wildman–Crippen LogP) is 2.68. The molecule has 1 amide bonds. The molecule has 0 saturated carbocycles. The lowest BCUT2D eigenvalue weighted by molar-refractivity contribution is -0.137. The molecule has 0 fully saturated rings. The molecule has 0 radical (unpaired) electrons. The minimum Gasteiger partial charge on any atom is -0.390 e. The Morgan fingerprint density at radius 2 is 2.05 bits per heavy atom. The van der Waals surface area contributed by atoms with Crippen molar-refractivity contribution in [3.8, 4) is 0 Å². The van der Waals surface area contributed by atoms with Crippen molar-refractivity contribution in [2.75, 3.05) is 23.1 Å². The van der Waals surface area contributed by atoms with Crippen molar-refractivity contribution in [1.29, 1.82) is 0 Å². The lowest BCUT2D eigenvalue weighted by Gasteiger charge is -2.16. The van der Waals surface area contributed by atoms with Gasteiger partial charge in [0, 0.05) is 13.5 Å². The highest BCUT2D eigenvalue weighted by Gasteiger charge is 2.31. The maximum atomic E-state index is 12.6. The third-order valence-electron chi connectivity index (χ3n) is 2.36. The summed E-state index contributed by atoms with van der Waals surface area (Å²) in [5.41, 5.74) is -0.582. The SMILES string of the molecule is CC(=O)Nc1ccc(C(F)(F)F)cc1NCC(O)CCl. The van der Waals surface area contributed by atoms with Gasteiger partial charge >= 0.3 is 6.18 Å². The van der Waals surface area contributed by atoms with E-state index in [0.29, 0.717) is 0 Å². The zero-order valence-electron chi connectivity index (χ0n) is 10.6. The second kappa shape index (κ2) is 6.81. The normalized spacial score (nSPS) is 12.9. The van der Waals surface area contributed by atoms with Crippen molar-refractivity contribution in [3.63, 3.8) is 0 Å². The molecule has 0 heterocycles. The number of rotatable bonds is 5. The number of aliphatic hydroxyl groups is 1. The Labute approximate surface area is 118 Å². The number of alkyl halides is 4. The molecule has 0 aliphatic heterocycles. The van der Waals surface area contributed by atoms with E-state index in [1.54, 1.807) is 0 Å². The van der Waals surface area contributed by atoms with E-state index in [-0.39, 0.29) is 23.8 Å². The fourth-order valence-corrected chi connectivity index (χ4v) is 1.56. The monoisotopic (exact) mass is 310 g/mol. The molecule has 0 aliphatic carbocycles. The summed E-state index contributed by atoms with van der Waals surface area (Å²) >= 11 is 5.41. The molecule has 0 spiro atoms. The Bertz CT molecular complexity index is 480. The lowest BCUT2D eigenvalue weighted by Crippen LogP contribution is -2.22. The number of hydrogen-bond donors (Lipinski definition) is 3. The number of halogens is 4. The topological polar surface area (TPSA) is 61.4 Å². The molecule has 0 aromatic heterocycles. The van der Waals surface area contributed by atoms with E-state index in [4.69, 9.17) is 11.6 Å². The second-order valence-electron chi connectivity index (χ2n) is 4.13. The van der Waals surface area contributed by atoms with Crippen molar-refractivity contribution in [3.05, 3.63) is 23.8 Å². The first kappa shape index (κ1) is 16.6. The Kier molecular flexibility index (Phi) is 5.64. The van der Waals surface area contributed by atoms with Crippen molar-refractivity contribution >= 4 is 28.9 Å². The highest BCUT2D eigenvalue weighted by atomic mass is 35.5. The van der Waals surface area contributed by atoms with E-state index >= 15 is 0 Å². The van der Waals surface area contributed by atoms with Crippen LogP contribution in [-0.2, 0) is 11.0 Å². The summed E-state index contributed by atoms with van der Waals surface area (Å²) in [4.78, 5) is 11.0. The molecule has 0 saturated heterocycles. The molecule has 3 N–H and O–H groups in total. The first-order chi connectivity index (χ1) is 9.24. The van der Waals surface area contributed by atoms with Crippen LogP contribution >= 0.6 is 11.6 Å². The zero-order chi connectivity index (χ0) is 15.3. The van der Waals surface area contributed by atoms with Gasteiger partial charge in [0.1, 0.15) is 0 Å². The van der Waals surface area contributed by atoms with Crippen LogP contribution in [0, 0.1) is 0 Å². The Morgan fingerprint density at radius 3 is 2.55 bits per heavy atom. The summed E-state index contributed by atoms with van der Waals surface area (Å²) in [6.07, 6.45) is -5.40. The van der Waals surface area contributed by atoms with E-state index in [0.717, 1.165) is 18.2 Å². The number of aliphatic hydroxyl groups excluding tert-OH is 1. The van der Waals surface area contributed by atoms with Gasteiger partial charge in [0.2, 0.25) is 5.91 Å². The van der Waals surface area contributed by atoms with Crippen molar-refractivity contribution in [2.24, 2.45) is 0 Å². The van der Waals surface area contributed by atoms with Crippen molar-refractivity contribution < 1.29 is 23.1 Å². The van der Waals surface area contributed by atoms with Gasteiger partial charge in [-0.15, -0.1) is 11.6 Å². The number of carbonyl (C=O) groups is 1. The minimum absolute atomic E-state index is 0.0304. The fourth-order valence-electron chi connectivity index (χ4n) is 1.45. The minimum atomic E-state index is -4.49. The van der Waals surface area contributed by atoms with Crippen LogP contribution in [-0.4, -0.2) is 29.5 Å². The molecule has 20 heavy (non-hydrogen) atoms. The molecule has 1 rings (SSSR count). The predicted molar refractivity (Wildman–Crippen MR) is 71.0 cm³/mol. The zero-order valence-corrected chi connectivity index (χ0v) is 11.3. The molecule has 0 bridgehead atoms.